The Hall–Kier alpha value is -1.25. The van der Waals surface area contributed by atoms with Crippen molar-refractivity contribution in [3.63, 3.8) is 0 Å². The lowest BCUT2D eigenvalue weighted by atomic mass is 10.1. The smallest absolute Gasteiger partial charge is 0.261 e. The van der Waals surface area contributed by atoms with Crippen LogP contribution < -0.4 is 4.31 Å². The van der Waals surface area contributed by atoms with Gasteiger partial charge in [0.15, 0.2) is 5.76 Å². The largest absolute Gasteiger partial charge is 0.502 e. The highest BCUT2D eigenvalue weighted by molar-refractivity contribution is 8.25. The molecule has 1 saturated heterocycles. The lowest BCUT2D eigenvalue weighted by Crippen LogP contribution is -2.21. The van der Waals surface area contributed by atoms with Crippen molar-refractivity contribution < 1.29 is 23.7 Å². The van der Waals surface area contributed by atoms with Crippen LogP contribution in [0.2, 0.25) is 10.0 Å². The van der Waals surface area contributed by atoms with Crippen molar-refractivity contribution in [2.75, 3.05) is 16.6 Å². The number of benzene rings is 1. The molecular weight excluding hydrogens is 353 g/mol. The first kappa shape index (κ1) is 15.6. The molecule has 2 aromatic rings. The molecule has 0 saturated carbocycles. The molecule has 1 aliphatic rings. The summed E-state index contributed by atoms with van der Waals surface area (Å²) in [5, 5.41) is 20.7. The van der Waals surface area contributed by atoms with Gasteiger partial charge < -0.3 is 14.6 Å². The molecule has 0 unspecified atom stereocenters. The van der Waals surface area contributed by atoms with Crippen LogP contribution in [0.4, 0.5) is 5.88 Å². The zero-order valence-electron chi connectivity index (χ0n) is 11.2. The van der Waals surface area contributed by atoms with E-state index >= 15 is 0 Å². The molecule has 2 heterocycles. The predicted molar refractivity (Wildman–Crippen MR) is 87.2 cm³/mol. The number of nitrogens with zero attached hydrogens (tertiary/aromatic N) is 1. The van der Waals surface area contributed by atoms with E-state index in [4.69, 9.17) is 27.6 Å². The van der Waals surface area contributed by atoms with Crippen LogP contribution in [0.5, 0.6) is 11.5 Å². The Bertz CT molecular complexity index is 733. The highest BCUT2D eigenvalue weighted by Crippen LogP contribution is 2.57. The SMILES string of the molecule is Oc1c(-c2ccc(Cl)c(Cl)c2)oc(N2CCCS2(O)O)c1O. The van der Waals surface area contributed by atoms with Crippen LogP contribution in [0.25, 0.3) is 11.3 Å². The number of aromatic hydroxyl groups is 2. The van der Waals surface area contributed by atoms with E-state index in [1.54, 1.807) is 6.07 Å². The molecule has 1 fully saturated rings. The van der Waals surface area contributed by atoms with E-state index in [1.807, 2.05) is 0 Å². The maximum atomic E-state index is 10.1. The highest BCUT2D eigenvalue weighted by atomic mass is 35.5. The fourth-order valence-corrected chi connectivity index (χ4v) is 4.14. The molecular formula is C13H13Cl2NO5S. The quantitative estimate of drug-likeness (QED) is 0.623. The summed E-state index contributed by atoms with van der Waals surface area (Å²) >= 11 is 11.8. The van der Waals surface area contributed by atoms with E-state index in [0.717, 1.165) is 0 Å². The van der Waals surface area contributed by atoms with E-state index in [9.17, 15) is 19.3 Å². The number of hydrogen-bond donors (Lipinski definition) is 4. The summed E-state index contributed by atoms with van der Waals surface area (Å²) in [6.07, 6.45) is 0.547. The Labute approximate surface area is 138 Å². The van der Waals surface area contributed by atoms with Gasteiger partial charge in [-0.15, -0.1) is 10.8 Å². The van der Waals surface area contributed by atoms with Gasteiger partial charge in [0.05, 0.1) is 15.8 Å². The molecule has 0 atom stereocenters. The minimum atomic E-state index is -3.04. The van der Waals surface area contributed by atoms with Crippen molar-refractivity contribution >= 4 is 39.9 Å². The Morgan fingerprint density at radius 2 is 1.82 bits per heavy atom. The maximum Gasteiger partial charge on any atom is 0.261 e. The summed E-state index contributed by atoms with van der Waals surface area (Å²) < 4.78 is 26.6. The molecule has 0 spiro atoms. The van der Waals surface area contributed by atoms with Gasteiger partial charge in [0, 0.05) is 12.1 Å². The molecule has 1 aromatic heterocycles. The van der Waals surface area contributed by atoms with Gasteiger partial charge >= 0.3 is 0 Å². The zero-order valence-corrected chi connectivity index (χ0v) is 13.5. The Morgan fingerprint density at radius 3 is 2.41 bits per heavy atom. The molecule has 22 heavy (non-hydrogen) atoms. The van der Waals surface area contributed by atoms with Gasteiger partial charge in [0.2, 0.25) is 11.5 Å². The zero-order chi connectivity index (χ0) is 16.1. The van der Waals surface area contributed by atoms with Crippen molar-refractivity contribution in [2.45, 2.75) is 6.42 Å². The van der Waals surface area contributed by atoms with Gasteiger partial charge in [0.1, 0.15) is 0 Å². The van der Waals surface area contributed by atoms with Gasteiger partial charge in [0.25, 0.3) is 5.88 Å². The molecule has 0 radical (unpaired) electrons. The van der Waals surface area contributed by atoms with Crippen LogP contribution in [-0.4, -0.2) is 31.6 Å². The lowest BCUT2D eigenvalue weighted by Gasteiger charge is -2.35. The van der Waals surface area contributed by atoms with Gasteiger partial charge in [-0.2, -0.15) is 0 Å². The fraction of sp³-hybridized carbons (Fsp3) is 0.231. The number of furan rings is 1. The standard InChI is InChI=1S/C13H13Cl2NO5S/c14-8-3-2-7(6-9(8)15)12-10(17)11(18)13(21-12)16-4-1-5-22(16,19)20/h2-3,6,17-20H,1,4-5H2. The fourth-order valence-electron chi connectivity index (χ4n) is 2.30. The van der Waals surface area contributed by atoms with E-state index in [-0.39, 0.29) is 22.4 Å². The summed E-state index contributed by atoms with van der Waals surface area (Å²) in [7, 11) is -3.04. The van der Waals surface area contributed by atoms with Crippen molar-refractivity contribution in [3.05, 3.63) is 28.2 Å². The van der Waals surface area contributed by atoms with E-state index < -0.39 is 22.3 Å². The molecule has 0 bridgehead atoms. The van der Waals surface area contributed by atoms with Crippen LogP contribution in [-0.2, 0) is 0 Å². The van der Waals surface area contributed by atoms with Gasteiger partial charge in [-0.25, -0.2) is 4.31 Å². The predicted octanol–water partition coefficient (Wildman–Crippen LogP) is 4.54. The second-order valence-corrected chi connectivity index (χ2v) is 7.78. The first-order valence-corrected chi connectivity index (χ1v) is 8.78. The molecule has 6 nitrogen and oxygen atoms in total. The van der Waals surface area contributed by atoms with Crippen molar-refractivity contribution in [1.29, 1.82) is 0 Å². The number of halogens is 2. The third-order valence-corrected chi connectivity index (χ3v) is 6.01. The summed E-state index contributed by atoms with van der Waals surface area (Å²) in [5.74, 6) is -1.03. The van der Waals surface area contributed by atoms with Crippen LogP contribution in [0.3, 0.4) is 0 Å². The third-order valence-electron chi connectivity index (χ3n) is 3.38. The summed E-state index contributed by atoms with van der Waals surface area (Å²) in [4.78, 5) is 0. The third kappa shape index (κ3) is 2.49. The molecule has 1 aromatic carbocycles. The number of rotatable bonds is 2. The normalized spacial score (nSPS) is 18.6. The molecule has 1 aliphatic heterocycles. The van der Waals surface area contributed by atoms with Crippen LogP contribution in [0.15, 0.2) is 22.6 Å². The average Bonchev–Trinajstić information content (AvgIpc) is 2.94. The second kappa shape index (κ2) is 5.43. The second-order valence-electron chi connectivity index (χ2n) is 4.85. The Kier molecular flexibility index (Phi) is 3.86. The van der Waals surface area contributed by atoms with Crippen LogP contribution >= 0.6 is 34.0 Å². The van der Waals surface area contributed by atoms with E-state index in [0.29, 0.717) is 23.6 Å². The van der Waals surface area contributed by atoms with Crippen LogP contribution in [0.1, 0.15) is 6.42 Å². The molecule has 3 rings (SSSR count). The van der Waals surface area contributed by atoms with Crippen LogP contribution in [0, 0.1) is 0 Å². The maximum absolute atomic E-state index is 10.1. The van der Waals surface area contributed by atoms with Crippen molar-refractivity contribution in [2.24, 2.45) is 0 Å². The number of hydrogen-bond acceptors (Lipinski definition) is 6. The molecule has 0 aliphatic carbocycles. The monoisotopic (exact) mass is 365 g/mol. The van der Waals surface area contributed by atoms with E-state index in [2.05, 4.69) is 0 Å². The molecule has 0 amide bonds. The Balaban J connectivity index is 2.08. The lowest BCUT2D eigenvalue weighted by molar-refractivity contribution is 0.409. The van der Waals surface area contributed by atoms with Gasteiger partial charge in [-0.05, 0) is 24.6 Å². The average molecular weight is 366 g/mol. The minimum Gasteiger partial charge on any atom is -0.502 e. The molecule has 9 heteroatoms. The molecule has 120 valence electrons. The summed E-state index contributed by atoms with van der Waals surface area (Å²) in [6, 6.07) is 4.58. The summed E-state index contributed by atoms with van der Waals surface area (Å²) in [6.45, 7) is 0.309. The van der Waals surface area contributed by atoms with Crippen molar-refractivity contribution in [1.82, 2.24) is 0 Å². The van der Waals surface area contributed by atoms with E-state index in [1.165, 1.54) is 16.4 Å². The van der Waals surface area contributed by atoms with Gasteiger partial charge in [-0.3, -0.25) is 9.11 Å². The highest BCUT2D eigenvalue weighted by Gasteiger charge is 2.36. The van der Waals surface area contributed by atoms with Gasteiger partial charge in [-0.1, -0.05) is 23.2 Å². The first-order chi connectivity index (χ1) is 10.3. The first-order valence-electron chi connectivity index (χ1n) is 6.35. The van der Waals surface area contributed by atoms with Crippen molar-refractivity contribution in [3.8, 4) is 22.8 Å². The molecule has 4 N–H and O–H groups in total. The number of anilines is 1. The topological polar surface area (TPSA) is 97.3 Å². The minimum absolute atomic E-state index is 0.0202. The Morgan fingerprint density at radius 1 is 1.09 bits per heavy atom. The summed E-state index contributed by atoms with van der Waals surface area (Å²) in [5.41, 5.74) is 0.407.